The van der Waals surface area contributed by atoms with Crippen LogP contribution in [-0.4, -0.2) is 5.78 Å². The van der Waals surface area contributed by atoms with Gasteiger partial charge in [0.05, 0.1) is 0 Å². The van der Waals surface area contributed by atoms with Crippen LogP contribution in [-0.2, 0) is 4.79 Å². The van der Waals surface area contributed by atoms with Gasteiger partial charge in [-0.1, -0.05) is 42.5 Å². The summed E-state index contributed by atoms with van der Waals surface area (Å²) in [5.41, 5.74) is 3.69. The second-order valence-corrected chi connectivity index (χ2v) is 4.02. The van der Waals surface area contributed by atoms with Gasteiger partial charge in [0.2, 0.25) is 0 Å². The molecule has 0 atom stereocenters. The molecule has 0 radical (unpaired) electrons. The van der Waals surface area contributed by atoms with E-state index in [2.05, 4.69) is 0 Å². The molecule has 0 aliphatic heterocycles. The predicted molar refractivity (Wildman–Crippen MR) is 67.0 cm³/mol. The van der Waals surface area contributed by atoms with E-state index >= 15 is 0 Å². The van der Waals surface area contributed by atoms with Gasteiger partial charge in [-0.25, -0.2) is 0 Å². The summed E-state index contributed by atoms with van der Waals surface area (Å²) < 4.78 is 0. The van der Waals surface area contributed by atoms with E-state index in [1.54, 1.807) is 0 Å². The Morgan fingerprint density at radius 1 is 0.875 bits per heavy atom. The number of carbonyl (C=O) groups excluding carboxylic acids is 1. The lowest BCUT2D eigenvalue weighted by Crippen LogP contribution is -2.08. The summed E-state index contributed by atoms with van der Waals surface area (Å²) >= 11 is 0. The minimum atomic E-state index is 0.122. The molecule has 0 N–H and O–H groups in total. The minimum absolute atomic E-state index is 0.122. The van der Waals surface area contributed by atoms with Crippen molar-refractivity contribution in [1.82, 2.24) is 0 Å². The Labute approximate surface area is 95.9 Å². The Morgan fingerprint density at radius 2 is 1.50 bits per heavy atom. The zero-order valence-electron chi connectivity index (χ0n) is 9.53. The van der Waals surface area contributed by atoms with Crippen LogP contribution in [0.3, 0.4) is 0 Å². The molecule has 0 fully saturated rings. The van der Waals surface area contributed by atoms with E-state index in [-0.39, 0.29) is 5.78 Å². The van der Waals surface area contributed by atoms with Gasteiger partial charge in [-0.05, 0) is 36.6 Å². The quantitative estimate of drug-likeness (QED) is 0.560. The molecule has 2 aliphatic carbocycles. The molecular formula is C15H14O. The number of hydrogen-bond acceptors (Lipinski definition) is 1. The molecule has 16 heavy (non-hydrogen) atoms. The van der Waals surface area contributed by atoms with Crippen LogP contribution >= 0.6 is 0 Å². The first-order chi connectivity index (χ1) is 7.68. The van der Waals surface area contributed by atoms with E-state index in [1.165, 1.54) is 0 Å². The molecule has 0 aromatic rings. The molecular weight excluding hydrogens is 196 g/mol. The van der Waals surface area contributed by atoms with Gasteiger partial charge < -0.3 is 0 Å². The first kappa shape index (κ1) is 10.6. The smallest absolute Gasteiger partial charge is 0.189 e. The van der Waals surface area contributed by atoms with E-state index in [0.717, 1.165) is 22.3 Å². The Kier molecular flexibility index (Phi) is 2.86. The van der Waals surface area contributed by atoms with Crippen LogP contribution < -0.4 is 0 Å². The highest BCUT2D eigenvalue weighted by atomic mass is 16.1. The molecule has 0 spiro atoms. The van der Waals surface area contributed by atoms with Crippen LogP contribution in [0.15, 0.2) is 70.9 Å². The molecule has 0 aromatic carbocycles. The van der Waals surface area contributed by atoms with Crippen molar-refractivity contribution in [1.29, 1.82) is 0 Å². The molecule has 0 unspecified atom stereocenters. The Bertz CT molecular complexity index is 488. The van der Waals surface area contributed by atoms with E-state index in [4.69, 9.17) is 0 Å². The summed E-state index contributed by atoms with van der Waals surface area (Å²) in [5, 5.41) is 0. The first-order valence-corrected chi connectivity index (χ1v) is 5.35. The monoisotopic (exact) mass is 210 g/mol. The van der Waals surface area contributed by atoms with Gasteiger partial charge in [-0.2, -0.15) is 0 Å². The van der Waals surface area contributed by atoms with Crippen molar-refractivity contribution in [2.45, 2.75) is 13.8 Å². The lowest BCUT2D eigenvalue weighted by Gasteiger charge is -2.11. The van der Waals surface area contributed by atoms with Gasteiger partial charge in [-0.3, -0.25) is 4.79 Å². The van der Waals surface area contributed by atoms with Crippen molar-refractivity contribution in [2.24, 2.45) is 0 Å². The van der Waals surface area contributed by atoms with Gasteiger partial charge in [-0.15, -0.1) is 0 Å². The Morgan fingerprint density at radius 3 is 2.12 bits per heavy atom. The van der Waals surface area contributed by atoms with E-state index < -0.39 is 0 Å². The van der Waals surface area contributed by atoms with Gasteiger partial charge in [0.15, 0.2) is 5.78 Å². The summed E-state index contributed by atoms with van der Waals surface area (Å²) in [6.45, 7) is 3.88. The Hall–Kier alpha value is -1.89. The van der Waals surface area contributed by atoms with E-state index in [0.29, 0.717) is 0 Å². The normalized spacial score (nSPS) is 19.8. The van der Waals surface area contributed by atoms with Crippen molar-refractivity contribution in [3.8, 4) is 0 Å². The lowest BCUT2D eigenvalue weighted by molar-refractivity contribution is -0.112. The summed E-state index contributed by atoms with van der Waals surface area (Å²) in [5.74, 6) is 0.122. The van der Waals surface area contributed by atoms with E-state index in [9.17, 15) is 4.79 Å². The number of rotatable bonds is 0. The van der Waals surface area contributed by atoms with Crippen molar-refractivity contribution in [3.63, 3.8) is 0 Å². The molecule has 2 aliphatic rings. The molecule has 0 aromatic heterocycles. The van der Waals surface area contributed by atoms with Crippen molar-refractivity contribution in [2.75, 3.05) is 0 Å². The van der Waals surface area contributed by atoms with Crippen LogP contribution in [0.4, 0.5) is 0 Å². The predicted octanol–water partition coefficient (Wildman–Crippen LogP) is 3.44. The third kappa shape index (κ3) is 2.03. The van der Waals surface area contributed by atoms with Crippen LogP contribution in [0.2, 0.25) is 0 Å². The van der Waals surface area contributed by atoms with Gasteiger partial charge in [0, 0.05) is 5.57 Å². The number of carbonyl (C=O) groups is 1. The highest BCUT2D eigenvalue weighted by Gasteiger charge is 2.16. The maximum Gasteiger partial charge on any atom is 0.189 e. The lowest BCUT2D eigenvalue weighted by atomic mass is 9.91. The van der Waals surface area contributed by atoms with Crippen molar-refractivity contribution in [3.05, 3.63) is 70.9 Å². The number of Topliss-reactive ketones (excluding diaryl/α,β-unsaturated/α-hetero) is 1. The molecule has 0 saturated heterocycles. The van der Waals surface area contributed by atoms with E-state index in [1.807, 2.05) is 62.5 Å². The third-order valence-electron chi connectivity index (χ3n) is 2.61. The molecule has 1 heteroatoms. The molecule has 1 nitrogen and oxygen atoms in total. The van der Waals surface area contributed by atoms with Crippen LogP contribution in [0.1, 0.15) is 13.8 Å². The topological polar surface area (TPSA) is 17.1 Å². The maximum atomic E-state index is 12.0. The molecule has 80 valence electrons. The third-order valence-corrected chi connectivity index (χ3v) is 2.61. The van der Waals surface area contributed by atoms with Gasteiger partial charge >= 0.3 is 0 Å². The fourth-order valence-electron chi connectivity index (χ4n) is 1.85. The second-order valence-electron chi connectivity index (χ2n) is 4.02. The summed E-state index contributed by atoms with van der Waals surface area (Å²) in [6.07, 6.45) is 15.6. The van der Waals surface area contributed by atoms with Gasteiger partial charge in [0.1, 0.15) is 0 Å². The summed E-state index contributed by atoms with van der Waals surface area (Å²) in [7, 11) is 0. The van der Waals surface area contributed by atoms with Crippen LogP contribution in [0, 0.1) is 0 Å². The van der Waals surface area contributed by atoms with Crippen LogP contribution in [0.5, 0.6) is 0 Å². The molecule has 0 saturated carbocycles. The van der Waals surface area contributed by atoms with Crippen molar-refractivity contribution >= 4 is 5.78 Å². The average Bonchev–Trinajstić information content (AvgIpc) is 2.51. The molecule has 0 bridgehead atoms. The molecule has 2 rings (SSSR count). The molecule has 0 heterocycles. The highest BCUT2D eigenvalue weighted by Crippen LogP contribution is 2.23. The van der Waals surface area contributed by atoms with Gasteiger partial charge in [0.25, 0.3) is 0 Å². The zero-order valence-corrected chi connectivity index (χ0v) is 9.53. The standard InChI is InChI=1S/C15H14O/c1-11-9-12(2)15(16)14(10-11)13-7-5-3-4-6-8-13/h3-10H,1-2H3. The fraction of sp³-hybridized carbons (Fsp3) is 0.133. The number of hydrogen-bond donors (Lipinski definition) is 0. The summed E-state index contributed by atoms with van der Waals surface area (Å²) in [6, 6.07) is 0. The largest absolute Gasteiger partial charge is 0.289 e. The molecule has 0 amide bonds. The maximum absolute atomic E-state index is 12.0. The SMILES string of the molecule is CC1=CC(=C2C=CC=CC=C2)C(=O)C(C)=C1. The summed E-state index contributed by atoms with van der Waals surface area (Å²) in [4.78, 5) is 12.0. The van der Waals surface area contributed by atoms with Crippen LogP contribution in [0.25, 0.3) is 0 Å². The number of ketones is 1. The zero-order chi connectivity index (χ0) is 11.5. The fourth-order valence-corrected chi connectivity index (χ4v) is 1.85. The minimum Gasteiger partial charge on any atom is -0.289 e. The second kappa shape index (κ2) is 4.31. The van der Waals surface area contributed by atoms with Crippen molar-refractivity contribution < 1.29 is 4.79 Å². The average molecular weight is 210 g/mol. The first-order valence-electron chi connectivity index (χ1n) is 5.35. The Balaban J connectivity index is 2.52. The highest BCUT2D eigenvalue weighted by molar-refractivity contribution is 6.12. The number of allylic oxidation sites excluding steroid dienone is 12.